The molecule has 2 aromatic carbocycles. The average molecular weight is 381 g/mol. The van der Waals surface area contributed by atoms with Gasteiger partial charge in [0.05, 0.1) is 23.1 Å². The predicted molar refractivity (Wildman–Crippen MR) is 102 cm³/mol. The SMILES string of the molecule is Cc1ccc(C2=NN(C(=O)CCC(=O)O)[C@H](c3cccc([N+](=O)[O-])c3)C2)cc1. The summed E-state index contributed by atoms with van der Waals surface area (Å²) in [6.07, 6.45) is -0.0964. The van der Waals surface area contributed by atoms with Crippen LogP contribution in [0.15, 0.2) is 53.6 Å². The molecule has 0 aliphatic carbocycles. The van der Waals surface area contributed by atoms with Crippen LogP contribution in [-0.2, 0) is 9.59 Å². The van der Waals surface area contributed by atoms with Gasteiger partial charge >= 0.3 is 5.97 Å². The van der Waals surface area contributed by atoms with Crippen molar-refractivity contribution in [3.8, 4) is 0 Å². The number of nitro groups is 1. The Balaban J connectivity index is 1.94. The monoisotopic (exact) mass is 381 g/mol. The predicted octanol–water partition coefficient (Wildman–Crippen LogP) is 3.45. The molecule has 0 saturated carbocycles. The quantitative estimate of drug-likeness (QED) is 0.608. The van der Waals surface area contributed by atoms with Crippen LogP contribution in [0.25, 0.3) is 0 Å². The first-order valence-electron chi connectivity index (χ1n) is 8.78. The van der Waals surface area contributed by atoms with E-state index < -0.39 is 22.8 Å². The van der Waals surface area contributed by atoms with Crippen LogP contribution in [0.5, 0.6) is 0 Å². The highest BCUT2D eigenvalue weighted by Crippen LogP contribution is 2.34. The van der Waals surface area contributed by atoms with E-state index in [4.69, 9.17) is 5.11 Å². The number of rotatable bonds is 6. The van der Waals surface area contributed by atoms with Gasteiger partial charge in [0.15, 0.2) is 0 Å². The maximum Gasteiger partial charge on any atom is 0.303 e. The second-order valence-corrected chi connectivity index (χ2v) is 6.62. The smallest absolute Gasteiger partial charge is 0.303 e. The minimum atomic E-state index is -1.07. The molecule has 144 valence electrons. The van der Waals surface area contributed by atoms with Gasteiger partial charge in [-0.1, -0.05) is 42.0 Å². The zero-order valence-electron chi connectivity index (χ0n) is 15.2. The molecule has 0 spiro atoms. The molecule has 3 rings (SSSR count). The molecule has 1 heterocycles. The third-order valence-corrected chi connectivity index (χ3v) is 4.57. The van der Waals surface area contributed by atoms with Gasteiger partial charge in [0.1, 0.15) is 0 Å². The normalized spacial score (nSPS) is 16.0. The van der Waals surface area contributed by atoms with Crippen LogP contribution in [0.4, 0.5) is 5.69 Å². The molecular weight excluding hydrogens is 362 g/mol. The fourth-order valence-electron chi connectivity index (χ4n) is 3.09. The van der Waals surface area contributed by atoms with Crippen molar-refractivity contribution in [2.24, 2.45) is 5.10 Å². The van der Waals surface area contributed by atoms with Gasteiger partial charge in [-0.15, -0.1) is 0 Å². The number of carbonyl (C=O) groups excluding carboxylic acids is 1. The number of hydrogen-bond donors (Lipinski definition) is 1. The number of non-ortho nitro benzene ring substituents is 1. The molecule has 1 amide bonds. The van der Waals surface area contributed by atoms with Crippen LogP contribution in [-0.4, -0.2) is 32.6 Å². The molecule has 1 aliphatic rings. The standard InChI is InChI=1S/C20H19N3O5/c1-13-5-7-14(8-6-13)17-12-18(15-3-2-4-16(11-15)23(27)28)22(21-17)19(24)9-10-20(25)26/h2-8,11,18H,9-10,12H2,1H3,(H,25,26)/t18-/m0/s1. The fourth-order valence-corrected chi connectivity index (χ4v) is 3.09. The second-order valence-electron chi connectivity index (χ2n) is 6.62. The van der Waals surface area contributed by atoms with Crippen molar-refractivity contribution in [3.05, 3.63) is 75.3 Å². The minimum Gasteiger partial charge on any atom is -0.481 e. The van der Waals surface area contributed by atoms with E-state index in [2.05, 4.69) is 5.10 Å². The summed E-state index contributed by atoms with van der Waals surface area (Å²) in [6.45, 7) is 1.97. The van der Waals surface area contributed by atoms with Crippen molar-refractivity contribution in [3.63, 3.8) is 0 Å². The maximum absolute atomic E-state index is 12.6. The average Bonchev–Trinajstić information content (AvgIpc) is 3.12. The number of hydrazone groups is 1. The molecule has 0 bridgehead atoms. The number of aliphatic carboxylic acids is 1. The summed E-state index contributed by atoms with van der Waals surface area (Å²) in [5.41, 5.74) is 3.14. The molecule has 28 heavy (non-hydrogen) atoms. The van der Waals surface area contributed by atoms with Crippen molar-refractivity contribution >= 4 is 23.3 Å². The Morgan fingerprint density at radius 1 is 1.21 bits per heavy atom. The number of carboxylic acids is 1. The highest BCUT2D eigenvalue weighted by molar-refractivity contribution is 6.03. The van der Waals surface area contributed by atoms with E-state index in [-0.39, 0.29) is 18.5 Å². The summed E-state index contributed by atoms with van der Waals surface area (Å²) in [6, 6.07) is 13.3. The van der Waals surface area contributed by atoms with Crippen LogP contribution in [0.1, 0.15) is 42.0 Å². The molecule has 8 heteroatoms. The zero-order chi connectivity index (χ0) is 20.3. The molecule has 1 N–H and O–H groups in total. The van der Waals surface area contributed by atoms with Gasteiger partial charge in [0.2, 0.25) is 5.91 Å². The Bertz CT molecular complexity index is 953. The lowest BCUT2D eigenvalue weighted by molar-refractivity contribution is -0.385. The topological polar surface area (TPSA) is 113 Å². The summed E-state index contributed by atoms with van der Waals surface area (Å²) in [5, 5.41) is 25.7. The molecule has 2 aromatic rings. The Morgan fingerprint density at radius 3 is 2.57 bits per heavy atom. The van der Waals surface area contributed by atoms with Crippen LogP contribution in [0.3, 0.4) is 0 Å². The lowest BCUT2D eigenvalue weighted by Crippen LogP contribution is -2.27. The Kier molecular flexibility index (Phi) is 5.49. The molecule has 0 radical (unpaired) electrons. The molecule has 0 aromatic heterocycles. The van der Waals surface area contributed by atoms with Crippen molar-refractivity contribution in [2.75, 3.05) is 0 Å². The lowest BCUT2D eigenvalue weighted by atomic mass is 9.97. The van der Waals surface area contributed by atoms with Crippen molar-refractivity contribution in [2.45, 2.75) is 32.2 Å². The summed E-state index contributed by atoms with van der Waals surface area (Å²) in [7, 11) is 0. The van der Waals surface area contributed by atoms with Gasteiger partial charge in [-0.2, -0.15) is 5.10 Å². The second kappa shape index (κ2) is 7.99. The molecule has 0 unspecified atom stereocenters. The first-order chi connectivity index (χ1) is 13.3. The lowest BCUT2D eigenvalue weighted by Gasteiger charge is -2.21. The minimum absolute atomic E-state index is 0.0702. The number of nitrogens with zero attached hydrogens (tertiary/aromatic N) is 3. The molecule has 1 aliphatic heterocycles. The van der Waals surface area contributed by atoms with Crippen molar-refractivity contribution in [1.29, 1.82) is 0 Å². The highest BCUT2D eigenvalue weighted by Gasteiger charge is 2.33. The number of benzene rings is 2. The van der Waals surface area contributed by atoms with Gasteiger partial charge in [-0.05, 0) is 18.1 Å². The number of carbonyl (C=O) groups is 2. The Morgan fingerprint density at radius 2 is 1.93 bits per heavy atom. The molecule has 1 atom stereocenters. The molecule has 8 nitrogen and oxygen atoms in total. The number of hydrogen-bond acceptors (Lipinski definition) is 5. The van der Waals surface area contributed by atoms with E-state index in [0.717, 1.165) is 11.1 Å². The zero-order valence-corrected chi connectivity index (χ0v) is 15.2. The van der Waals surface area contributed by atoms with Crippen LogP contribution >= 0.6 is 0 Å². The number of nitro benzene ring substituents is 1. The van der Waals surface area contributed by atoms with E-state index in [1.165, 1.54) is 17.1 Å². The van der Waals surface area contributed by atoms with Gasteiger partial charge in [-0.3, -0.25) is 19.7 Å². The van der Waals surface area contributed by atoms with Gasteiger partial charge in [-0.25, -0.2) is 5.01 Å². The summed E-state index contributed by atoms with van der Waals surface area (Å²) in [4.78, 5) is 34.1. The van der Waals surface area contributed by atoms with E-state index >= 15 is 0 Å². The Hall–Kier alpha value is -3.55. The fraction of sp³-hybridized carbons (Fsp3) is 0.250. The van der Waals surface area contributed by atoms with E-state index in [9.17, 15) is 19.7 Å². The van der Waals surface area contributed by atoms with Gasteiger partial charge in [0.25, 0.3) is 5.69 Å². The van der Waals surface area contributed by atoms with Gasteiger partial charge < -0.3 is 5.11 Å². The summed E-state index contributed by atoms with van der Waals surface area (Å²) in [5.74, 6) is -1.50. The number of carboxylic acid groups (broad SMARTS) is 1. The molecule has 0 fully saturated rings. The van der Waals surface area contributed by atoms with Crippen LogP contribution in [0.2, 0.25) is 0 Å². The Labute approximate surface area is 161 Å². The van der Waals surface area contributed by atoms with Crippen molar-refractivity contribution < 1.29 is 19.6 Å². The van der Waals surface area contributed by atoms with Crippen LogP contribution < -0.4 is 0 Å². The third kappa shape index (κ3) is 4.22. The highest BCUT2D eigenvalue weighted by atomic mass is 16.6. The first-order valence-corrected chi connectivity index (χ1v) is 8.78. The summed E-state index contributed by atoms with van der Waals surface area (Å²) >= 11 is 0. The first kappa shape index (κ1) is 19.2. The molecule has 0 saturated heterocycles. The number of amides is 1. The summed E-state index contributed by atoms with van der Waals surface area (Å²) < 4.78 is 0. The maximum atomic E-state index is 12.6. The third-order valence-electron chi connectivity index (χ3n) is 4.57. The van der Waals surface area contributed by atoms with Gasteiger partial charge in [0, 0.05) is 25.0 Å². The van der Waals surface area contributed by atoms with E-state index in [1.807, 2.05) is 31.2 Å². The number of aryl methyl sites for hydroxylation is 1. The largest absolute Gasteiger partial charge is 0.481 e. The molecular formula is C20H19N3O5. The van der Waals surface area contributed by atoms with E-state index in [1.54, 1.807) is 12.1 Å². The van der Waals surface area contributed by atoms with Crippen LogP contribution in [0, 0.1) is 17.0 Å². The van der Waals surface area contributed by atoms with Crippen molar-refractivity contribution in [1.82, 2.24) is 5.01 Å². The van der Waals surface area contributed by atoms with E-state index in [0.29, 0.717) is 17.7 Å².